The largest absolute Gasteiger partial charge is 0.454 e. The van der Waals surface area contributed by atoms with Crippen LogP contribution in [0.1, 0.15) is 15.9 Å². The van der Waals surface area contributed by atoms with Crippen LogP contribution < -0.4 is 14.8 Å². The van der Waals surface area contributed by atoms with Crippen molar-refractivity contribution in [2.75, 3.05) is 13.4 Å². The second-order valence-electron chi connectivity index (χ2n) is 5.85. The fraction of sp³-hybridized carbons (Fsp3) is 0.167. The molecule has 1 aromatic heterocycles. The summed E-state index contributed by atoms with van der Waals surface area (Å²) in [5, 5.41) is 13.5. The van der Waals surface area contributed by atoms with E-state index in [-0.39, 0.29) is 18.9 Å². The Labute approximate surface area is 159 Å². The summed E-state index contributed by atoms with van der Waals surface area (Å²) in [5.74, 6) is 0.282. The van der Waals surface area contributed by atoms with Gasteiger partial charge in [-0.3, -0.25) is 4.79 Å². The second kappa shape index (κ2) is 7.74. The molecule has 2 aromatic carbocycles. The van der Waals surface area contributed by atoms with Gasteiger partial charge < -0.3 is 19.5 Å². The summed E-state index contributed by atoms with van der Waals surface area (Å²) in [7, 11) is 0. The van der Waals surface area contributed by atoms with Crippen LogP contribution in [0.2, 0.25) is 0 Å². The Kier molecular flexibility index (Phi) is 4.83. The highest BCUT2D eigenvalue weighted by Crippen LogP contribution is 2.32. The standard InChI is InChI=1S/C18H15N5O5/c24-17(19-8-12-4-5-15-16(6-12)28-11-27-15)9-26-18(25)13-2-1-3-14(7-13)23-10-20-21-22-23/h1-7,10H,8-9,11H2,(H,19,24). The molecule has 2 heterocycles. The van der Waals surface area contributed by atoms with Crippen molar-refractivity contribution in [1.82, 2.24) is 25.5 Å². The molecule has 28 heavy (non-hydrogen) atoms. The summed E-state index contributed by atoms with van der Waals surface area (Å²) in [6.07, 6.45) is 1.41. The average Bonchev–Trinajstić information content (AvgIpc) is 3.42. The quantitative estimate of drug-likeness (QED) is 0.625. The summed E-state index contributed by atoms with van der Waals surface area (Å²) in [6.45, 7) is 0.0794. The topological polar surface area (TPSA) is 117 Å². The number of hydrogen-bond acceptors (Lipinski definition) is 8. The molecule has 142 valence electrons. The van der Waals surface area contributed by atoms with Crippen molar-refractivity contribution in [1.29, 1.82) is 0 Å². The van der Waals surface area contributed by atoms with Crippen LogP contribution in [0.4, 0.5) is 0 Å². The van der Waals surface area contributed by atoms with Gasteiger partial charge in [0.25, 0.3) is 5.91 Å². The highest BCUT2D eigenvalue weighted by atomic mass is 16.7. The Morgan fingerprint density at radius 2 is 2.04 bits per heavy atom. The van der Waals surface area contributed by atoms with Gasteiger partial charge in [-0.05, 0) is 46.3 Å². The number of amides is 1. The van der Waals surface area contributed by atoms with Crippen LogP contribution in [-0.4, -0.2) is 45.5 Å². The van der Waals surface area contributed by atoms with E-state index in [0.29, 0.717) is 17.2 Å². The van der Waals surface area contributed by atoms with Crippen molar-refractivity contribution in [3.05, 3.63) is 59.9 Å². The summed E-state index contributed by atoms with van der Waals surface area (Å²) < 4.78 is 17.0. The molecule has 1 N–H and O–H groups in total. The number of tetrazole rings is 1. The Bertz CT molecular complexity index is 1010. The number of hydrogen-bond donors (Lipinski definition) is 1. The van der Waals surface area contributed by atoms with Gasteiger partial charge in [0.15, 0.2) is 18.1 Å². The molecule has 10 heteroatoms. The first-order valence-corrected chi connectivity index (χ1v) is 8.35. The van der Waals surface area contributed by atoms with Crippen LogP contribution in [0.3, 0.4) is 0 Å². The van der Waals surface area contributed by atoms with Gasteiger partial charge in [-0.25, -0.2) is 9.48 Å². The highest BCUT2D eigenvalue weighted by Gasteiger charge is 2.14. The molecule has 10 nitrogen and oxygen atoms in total. The zero-order valence-corrected chi connectivity index (χ0v) is 14.6. The fourth-order valence-corrected chi connectivity index (χ4v) is 2.57. The lowest BCUT2D eigenvalue weighted by atomic mass is 10.2. The van der Waals surface area contributed by atoms with Crippen molar-refractivity contribution < 1.29 is 23.8 Å². The van der Waals surface area contributed by atoms with Gasteiger partial charge in [0.2, 0.25) is 6.79 Å². The summed E-state index contributed by atoms with van der Waals surface area (Å²) in [6, 6.07) is 12.0. The molecule has 1 amide bonds. The molecule has 4 rings (SSSR count). The van der Waals surface area contributed by atoms with E-state index in [2.05, 4.69) is 20.8 Å². The van der Waals surface area contributed by atoms with E-state index < -0.39 is 18.5 Å². The summed E-state index contributed by atoms with van der Waals surface area (Å²) in [5.41, 5.74) is 1.74. The average molecular weight is 381 g/mol. The van der Waals surface area contributed by atoms with Crippen molar-refractivity contribution in [2.45, 2.75) is 6.54 Å². The molecule has 0 bridgehead atoms. The monoisotopic (exact) mass is 381 g/mol. The molecule has 3 aromatic rings. The van der Waals surface area contributed by atoms with Crippen LogP contribution in [0, 0.1) is 0 Å². The van der Waals surface area contributed by atoms with E-state index in [1.165, 1.54) is 11.0 Å². The van der Waals surface area contributed by atoms with Crippen LogP contribution in [-0.2, 0) is 16.1 Å². The molecule has 1 aliphatic rings. The van der Waals surface area contributed by atoms with E-state index in [1.54, 1.807) is 36.4 Å². The number of rotatable bonds is 6. The van der Waals surface area contributed by atoms with Crippen molar-refractivity contribution in [2.24, 2.45) is 0 Å². The number of aromatic nitrogens is 4. The predicted molar refractivity (Wildman–Crippen MR) is 93.8 cm³/mol. The molecule has 1 aliphatic heterocycles. The molecule has 0 atom stereocenters. The third-order valence-corrected chi connectivity index (χ3v) is 3.96. The van der Waals surface area contributed by atoms with Crippen LogP contribution in [0.25, 0.3) is 5.69 Å². The minimum absolute atomic E-state index is 0.190. The van der Waals surface area contributed by atoms with Gasteiger partial charge in [0.05, 0.1) is 11.3 Å². The van der Waals surface area contributed by atoms with Gasteiger partial charge >= 0.3 is 5.97 Å². The lowest BCUT2D eigenvalue weighted by Crippen LogP contribution is -2.28. The molecule has 0 saturated carbocycles. The van der Waals surface area contributed by atoms with Gasteiger partial charge in [-0.15, -0.1) is 5.10 Å². The molecule has 0 radical (unpaired) electrons. The Balaban J connectivity index is 1.29. The fourth-order valence-electron chi connectivity index (χ4n) is 2.57. The van der Waals surface area contributed by atoms with Crippen LogP contribution in [0.15, 0.2) is 48.8 Å². The first-order chi connectivity index (χ1) is 13.7. The SMILES string of the molecule is O=C(COC(=O)c1cccc(-n2cnnn2)c1)NCc1ccc2c(c1)OCO2. The first-order valence-electron chi connectivity index (χ1n) is 8.35. The van der Waals surface area contributed by atoms with E-state index in [4.69, 9.17) is 14.2 Å². The van der Waals surface area contributed by atoms with E-state index in [1.807, 2.05) is 6.07 Å². The third-order valence-electron chi connectivity index (χ3n) is 3.96. The van der Waals surface area contributed by atoms with Crippen LogP contribution >= 0.6 is 0 Å². The lowest BCUT2D eigenvalue weighted by molar-refractivity contribution is -0.124. The summed E-state index contributed by atoms with van der Waals surface area (Å²) >= 11 is 0. The Hall–Kier alpha value is -3.95. The molecule has 0 unspecified atom stereocenters. The molecule has 0 aliphatic carbocycles. The Morgan fingerprint density at radius 3 is 2.89 bits per heavy atom. The van der Waals surface area contributed by atoms with Gasteiger partial charge in [0.1, 0.15) is 6.33 Å². The smallest absolute Gasteiger partial charge is 0.338 e. The molecule has 0 fully saturated rings. The van der Waals surface area contributed by atoms with Gasteiger partial charge in [-0.2, -0.15) is 0 Å². The minimum Gasteiger partial charge on any atom is -0.454 e. The van der Waals surface area contributed by atoms with Crippen molar-refractivity contribution in [3.63, 3.8) is 0 Å². The third kappa shape index (κ3) is 3.90. The normalized spacial score (nSPS) is 11.9. The zero-order valence-electron chi connectivity index (χ0n) is 14.6. The van der Waals surface area contributed by atoms with Crippen LogP contribution in [0.5, 0.6) is 11.5 Å². The van der Waals surface area contributed by atoms with Gasteiger partial charge in [-0.1, -0.05) is 12.1 Å². The number of carbonyl (C=O) groups is 2. The molecule has 0 saturated heterocycles. The van der Waals surface area contributed by atoms with Gasteiger partial charge in [0, 0.05) is 6.54 Å². The number of fused-ring (bicyclic) bond motifs is 1. The zero-order chi connectivity index (χ0) is 19.3. The second-order valence-corrected chi connectivity index (χ2v) is 5.85. The maximum Gasteiger partial charge on any atom is 0.338 e. The number of carbonyl (C=O) groups excluding carboxylic acids is 2. The molecule has 0 spiro atoms. The predicted octanol–water partition coefficient (Wildman–Crippen LogP) is 0.864. The molecular formula is C18H15N5O5. The first kappa shape index (κ1) is 17.5. The highest BCUT2D eigenvalue weighted by molar-refractivity contribution is 5.91. The van der Waals surface area contributed by atoms with E-state index >= 15 is 0 Å². The Morgan fingerprint density at radius 1 is 1.14 bits per heavy atom. The number of esters is 1. The maximum absolute atomic E-state index is 12.2. The van der Waals surface area contributed by atoms with E-state index in [9.17, 15) is 9.59 Å². The number of ether oxygens (including phenoxy) is 3. The van der Waals surface area contributed by atoms with Crippen molar-refractivity contribution >= 4 is 11.9 Å². The number of benzene rings is 2. The number of nitrogens with zero attached hydrogens (tertiary/aromatic N) is 4. The lowest BCUT2D eigenvalue weighted by Gasteiger charge is -2.08. The molecular weight excluding hydrogens is 366 g/mol. The maximum atomic E-state index is 12.2. The minimum atomic E-state index is -0.617. The number of nitrogens with one attached hydrogen (secondary N) is 1. The van der Waals surface area contributed by atoms with Crippen molar-refractivity contribution in [3.8, 4) is 17.2 Å². The van der Waals surface area contributed by atoms with E-state index in [0.717, 1.165) is 5.56 Å². The summed E-state index contributed by atoms with van der Waals surface area (Å²) in [4.78, 5) is 24.1.